The summed E-state index contributed by atoms with van der Waals surface area (Å²) < 4.78 is 5.21. The van der Waals surface area contributed by atoms with Crippen molar-refractivity contribution in [2.75, 3.05) is 13.6 Å². The predicted molar refractivity (Wildman–Crippen MR) is 81.2 cm³/mol. The van der Waals surface area contributed by atoms with E-state index in [1.54, 1.807) is 27.8 Å². The molecule has 1 rings (SSSR count). The normalized spacial score (nSPS) is 22.0. The van der Waals surface area contributed by atoms with Crippen molar-refractivity contribution in [3.63, 3.8) is 0 Å². The van der Waals surface area contributed by atoms with E-state index in [1.807, 2.05) is 0 Å². The first-order chi connectivity index (χ1) is 10.1. The minimum Gasteiger partial charge on any atom is -0.481 e. The average molecular weight is 313 g/mol. The standard InChI is InChI=1S/C16H27NO5/c1-16(2,3)22-13(18)8-9-17(4)14(19)11-6-5-7-12(10-11)15(20)21/h11-12H,5-10H2,1-4H3,(H,20,21). The van der Waals surface area contributed by atoms with E-state index in [4.69, 9.17) is 9.84 Å². The molecule has 22 heavy (non-hydrogen) atoms. The van der Waals surface area contributed by atoms with Gasteiger partial charge in [-0.2, -0.15) is 0 Å². The number of carbonyl (C=O) groups is 3. The molecule has 0 saturated heterocycles. The fourth-order valence-electron chi connectivity index (χ4n) is 2.71. The largest absolute Gasteiger partial charge is 0.481 e. The van der Waals surface area contributed by atoms with Crippen LogP contribution in [0.2, 0.25) is 0 Å². The summed E-state index contributed by atoms with van der Waals surface area (Å²) >= 11 is 0. The van der Waals surface area contributed by atoms with Crippen molar-refractivity contribution in [2.24, 2.45) is 11.8 Å². The SMILES string of the molecule is CN(CCC(=O)OC(C)(C)C)C(=O)C1CCCC(C(=O)O)C1. The Labute approximate surface area is 131 Å². The molecule has 1 aliphatic carbocycles. The Bertz CT molecular complexity index is 427. The number of carbonyl (C=O) groups excluding carboxylic acids is 2. The zero-order chi connectivity index (χ0) is 16.9. The molecule has 6 nitrogen and oxygen atoms in total. The monoisotopic (exact) mass is 313 g/mol. The summed E-state index contributed by atoms with van der Waals surface area (Å²) in [5.74, 6) is -1.91. The van der Waals surface area contributed by atoms with E-state index in [0.717, 1.165) is 12.8 Å². The Kier molecular flexibility index (Phi) is 6.38. The molecule has 126 valence electrons. The molecule has 0 heterocycles. The van der Waals surface area contributed by atoms with Crippen LogP contribution < -0.4 is 0 Å². The zero-order valence-electron chi connectivity index (χ0n) is 13.9. The highest BCUT2D eigenvalue weighted by Gasteiger charge is 2.32. The molecule has 0 spiro atoms. The molecule has 1 amide bonds. The lowest BCUT2D eigenvalue weighted by molar-refractivity contribution is -0.155. The molecule has 1 N–H and O–H groups in total. The molecule has 0 aliphatic heterocycles. The van der Waals surface area contributed by atoms with Crippen molar-refractivity contribution in [3.05, 3.63) is 0 Å². The van der Waals surface area contributed by atoms with Crippen LogP contribution in [0.4, 0.5) is 0 Å². The lowest BCUT2D eigenvalue weighted by atomic mass is 9.81. The van der Waals surface area contributed by atoms with Crippen LogP contribution in [0.15, 0.2) is 0 Å². The highest BCUT2D eigenvalue weighted by Crippen LogP contribution is 2.30. The summed E-state index contributed by atoms with van der Waals surface area (Å²) in [4.78, 5) is 36.6. The van der Waals surface area contributed by atoms with Gasteiger partial charge in [-0.3, -0.25) is 14.4 Å². The number of hydrogen-bond donors (Lipinski definition) is 1. The third-order valence-corrected chi connectivity index (χ3v) is 3.82. The Hall–Kier alpha value is -1.59. The van der Waals surface area contributed by atoms with Crippen LogP contribution in [0, 0.1) is 11.8 Å². The van der Waals surface area contributed by atoms with Gasteiger partial charge in [-0.05, 0) is 40.0 Å². The second-order valence-electron chi connectivity index (χ2n) is 6.99. The van der Waals surface area contributed by atoms with Crippen LogP contribution in [0.25, 0.3) is 0 Å². The van der Waals surface area contributed by atoms with Gasteiger partial charge in [0.2, 0.25) is 5.91 Å². The van der Waals surface area contributed by atoms with Crippen LogP contribution >= 0.6 is 0 Å². The number of amides is 1. The van der Waals surface area contributed by atoms with Crippen LogP contribution in [0.3, 0.4) is 0 Å². The van der Waals surface area contributed by atoms with Gasteiger partial charge in [0.15, 0.2) is 0 Å². The molecule has 1 aliphatic rings. The number of ether oxygens (including phenoxy) is 1. The molecule has 1 saturated carbocycles. The number of nitrogens with zero attached hydrogens (tertiary/aromatic N) is 1. The quantitative estimate of drug-likeness (QED) is 0.785. The summed E-state index contributed by atoms with van der Waals surface area (Å²) in [6.07, 6.45) is 2.66. The first kappa shape index (κ1) is 18.5. The van der Waals surface area contributed by atoms with Crippen molar-refractivity contribution >= 4 is 17.8 Å². The highest BCUT2D eigenvalue weighted by atomic mass is 16.6. The third kappa shape index (κ3) is 6.03. The van der Waals surface area contributed by atoms with Crippen LogP contribution in [0.1, 0.15) is 52.9 Å². The molecule has 1 fully saturated rings. The van der Waals surface area contributed by atoms with Gasteiger partial charge < -0.3 is 14.7 Å². The molecule has 0 aromatic carbocycles. The second kappa shape index (κ2) is 7.61. The van der Waals surface area contributed by atoms with Gasteiger partial charge in [0.25, 0.3) is 0 Å². The molecule has 0 aromatic rings. The van der Waals surface area contributed by atoms with Gasteiger partial charge in [0, 0.05) is 19.5 Å². The smallest absolute Gasteiger partial charge is 0.308 e. The number of rotatable bonds is 5. The molecular weight excluding hydrogens is 286 g/mol. The summed E-state index contributed by atoms with van der Waals surface area (Å²) in [7, 11) is 1.65. The fraction of sp³-hybridized carbons (Fsp3) is 0.812. The maximum absolute atomic E-state index is 12.3. The van der Waals surface area contributed by atoms with Gasteiger partial charge in [-0.25, -0.2) is 0 Å². The summed E-state index contributed by atoms with van der Waals surface area (Å²) in [6, 6.07) is 0. The van der Waals surface area contributed by atoms with Crippen LogP contribution in [-0.4, -0.2) is 47.0 Å². The van der Waals surface area contributed by atoms with Gasteiger partial charge >= 0.3 is 11.9 Å². The summed E-state index contributed by atoms with van der Waals surface area (Å²) in [6.45, 7) is 5.69. The van der Waals surface area contributed by atoms with Crippen molar-refractivity contribution in [2.45, 2.75) is 58.5 Å². The van der Waals surface area contributed by atoms with E-state index in [1.165, 1.54) is 4.90 Å². The van der Waals surface area contributed by atoms with Gasteiger partial charge in [0.1, 0.15) is 5.60 Å². The first-order valence-electron chi connectivity index (χ1n) is 7.80. The summed E-state index contributed by atoms with van der Waals surface area (Å²) in [5.41, 5.74) is -0.530. The van der Waals surface area contributed by atoms with E-state index < -0.39 is 17.5 Å². The maximum Gasteiger partial charge on any atom is 0.308 e. The molecule has 0 aromatic heterocycles. The van der Waals surface area contributed by atoms with E-state index in [2.05, 4.69) is 0 Å². The van der Waals surface area contributed by atoms with Crippen LogP contribution in [-0.2, 0) is 19.1 Å². The topological polar surface area (TPSA) is 83.9 Å². The van der Waals surface area contributed by atoms with E-state index in [-0.39, 0.29) is 24.2 Å². The molecular formula is C16H27NO5. The lowest BCUT2D eigenvalue weighted by Gasteiger charge is -2.29. The number of esters is 1. The van der Waals surface area contributed by atoms with Gasteiger partial charge in [0.05, 0.1) is 12.3 Å². The Morgan fingerprint density at radius 2 is 1.77 bits per heavy atom. The molecule has 6 heteroatoms. The maximum atomic E-state index is 12.3. The second-order valence-corrected chi connectivity index (χ2v) is 6.99. The van der Waals surface area contributed by atoms with Crippen molar-refractivity contribution in [1.82, 2.24) is 4.90 Å². The van der Waals surface area contributed by atoms with Crippen LogP contribution in [0.5, 0.6) is 0 Å². The average Bonchev–Trinajstić information content (AvgIpc) is 2.42. The molecule has 2 unspecified atom stereocenters. The van der Waals surface area contributed by atoms with Gasteiger partial charge in [-0.1, -0.05) is 6.42 Å². The summed E-state index contributed by atoms with van der Waals surface area (Å²) in [5, 5.41) is 9.07. The number of carboxylic acids is 1. The first-order valence-corrected chi connectivity index (χ1v) is 7.80. The lowest BCUT2D eigenvalue weighted by Crippen LogP contribution is -2.38. The number of hydrogen-bond acceptors (Lipinski definition) is 4. The van der Waals surface area contributed by atoms with E-state index in [9.17, 15) is 14.4 Å². The zero-order valence-corrected chi connectivity index (χ0v) is 13.9. The number of aliphatic carboxylic acids is 1. The Morgan fingerprint density at radius 3 is 2.32 bits per heavy atom. The molecule has 0 bridgehead atoms. The molecule has 2 atom stereocenters. The van der Waals surface area contributed by atoms with Crippen molar-refractivity contribution < 1.29 is 24.2 Å². The predicted octanol–water partition coefficient (Wildman–Crippen LogP) is 2.07. The molecule has 0 radical (unpaired) electrons. The number of carboxylic acid groups (broad SMARTS) is 1. The van der Waals surface area contributed by atoms with Crippen molar-refractivity contribution in [3.8, 4) is 0 Å². The van der Waals surface area contributed by atoms with E-state index >= 15 is 0 Å². The Balaban J connectivity index is 2.44. The highest BCUT2D eigenvalue weighted by molar-refractivity contribution is 5.80. The van der Waals surface area contributed by atoms with Gasteiger partial charge in [-0.15, -0.1) is 0 Å². The van der Waals surface area contributed by atoms with Crippen molar-refractivity contribution in [1.29, 1.82) is 0 Å². The van der Waals surface area contributed by atoms with E-state index in [0.29, 0.717) is 19.4 Å². The Morgan fingerprint density at radius 1 is 1.18 bits per heavy atom. The minimum atomic E-state index is -0.825. The third-order valence-electron chi connectivity index (χ3n) is 3.82. The fourth-order valence-corrected chi connectivity index (χ4v) is 2.71. The minimum absolute atomic E-state index is 0.0745.